The SMILES string of the molecule is Cn1cc(C=C2COc3cc4c(cc3C2=O)OCO4)cn1. The summed E-state index contributed by atoms with van der Waals surface area (Å²) in [6, 6.07) is 3.38. The third kappa shape index (κ3) is 1.96. The van der Waals surface area contributed by atoms with Gasteiger partial charge in [0.25, 0.3) is 0 Å². The Morgan fingerprint density at radius 2 is 2.00 bits per heavy atom. The van der Waals surface area contributed by atoms with Crippen LogP contribution in [0.2, 0.25) is 0 Å². The van der Waals surface area contributed by atoms with E-state index in [1.54, 1.807) is 29.1 Å². The first kappa shape index (κ1) is 12.0. The number of carbonyl (C=O) groups excluding carboxylic acids is 1. The zero-order valence-electron chi connectivity index (χ0n) is 11.3. The molecule has 106 valence electrons. The molecule has 0 amide bonds. The van der Waals surface area contributed by atoms with Gasteiger partial charge in [0.1, 0.15) is 12.4 Å². The Hall–Kier alpha value is -2.76. The van der Waals surface area contributed by atoms with Crippen LogP contribution in [0.1, 0.15) is 15.9 Å². The maximum Gasteiger partial charge on any atom is 0.231 e. The van der Waals surface area contributed by atoms with E-state index in [0.717, 1.165) is 5.56 Å². The van der Waals surface area contributed by atoms with Crippen LogP contribution >= 0.6 is 0 Å². The molecule has 21 heavy (non-hydrogen) atoms. The molecule has 0 N–H and O–H groups in total. The molecule has 0 saturated carbocycles. The number of hydrogen-bond acceptors (Lipinski definition) is 5. The summed E-state index contributed by atoms with van der Waals surface area (Å²) in [5.41, 5.74) is 1.96. The third-order valence-corrected chi connectivity index (χ3v) is 3.46. The maximum atomic E-state index is 12.6. The minimum Gasteiger partial charge on any atom is -0.488 e. The Morgan fingerprint density at radius 3 is 2.76 bits per heavy atom. The molecule has 2 aromatic rings. The van der Waals surface area contributed by atoms with Gasteiger partial charge in [-0.3, -0.25) is 9.48 Å². The summed E-state index contributed by atoms with van der Waals surface area (Å²) in [6.07, 6.45) is 5.34. The van der Waals surface area contributed by atoms with Crippen LogP contribution in [0.15, 0.2) is 30.1 Å². The number of rotatable bonds is 1. The second-order valence-corrected chi connectivity index (χ2v) is 4.94. The summed E-state index contributed by atoms with van der Waals surface area (Å²) in [5.74, 6) is 1.67. The molecule has 2 aliphatic heterocycles. The van der Waals surface area contributed by atoms with Gasteiger partial charge in [-0.25, -0.2) is 0 Å². The molecule has 0 bridgehead atoms. The second kappa shape index (κ2) is 4.37. The van der Waals surface area contributed by atoms with Crippen molar-refractivity contribution in [1.29, 1.82) is 0 Å². The highest BCUT2D eigenvalue weighted by molar-refractivity contribution is 6.14. The average molecular weight is 284 g/mol. The van der Waals surface area contributed by atoms with Crippen LogP contribution in [0, 0.1) is 0 Å². The summed E-state index contributed by atoms with van der Waals surface area (Å²) in [7, 11) is 1.83. The first-order valence-corrected chi connectivity index (χ1v) is 6.51. The normalized spacial score (nSPS) is 17.8. The van der Waals surface area contributed by atoms with Crippen molar-refractivity contribution >= 4 is 11.9 Å². The lowest BCUT2D eigenvalue weighted by Crippen LogP contribution is -2.18. The molecule has 0 atom stereocenters. The monoisotopic (exact) mass is 284 g/mol. The Morgan fingerprint density at radius 1 is 1.19 bits per heavy atom. The van der Waals surface area contributed by atoms with E-state index in [1.807, 2.05) is 13.2 Å². The lowest BCUT2D eigenvalue weighted by molar-refractivity contribution is 0.100. The van der Waals surface area contributed by atoms with Crippen molar-refractivity contribution < 1.29 is 19.0 Å². The summed E-state index contributed by atoms with van der Waals surface area (Å²) < 4.78 is 17.9. The van der Waals surface area contributed by atoms with Gasteiger partial charge in [-0.1, -0.05) is 0 Å². The van der Waals surface area contributed by atoms with E-state index in [2.05, 4.69) is 5.10 Å². The average Bonchev–Trinajstić information content (AvgIpc) is 3.09. The number of ketones is 1. The Labute approximate surface area is 120 Å². The summed E-state index contributed by atoms with van der Waals surface area (Å²) in [6.45, 7) is 0.408. The number of benzene rings is 1. The molecule has 0 fully saturated rings. The lowest BCUT2D eigenvalue weighted by atomic mass is 9.98. The first-order chi connectivity index (χ1) is 10.2. The van der Waals surface area contributed by atoms with Gasteiger partial charge in [-0.05, 0) is 12.1 Å². The van der Waals surface area contributed by atoms with Crippen molar-refractivity contribution in [2.75, 3.05) is 13.4 Å². The predicted octanol–water partition coefficient (Wildman–Crippen LogP) is 1.81. The van der Waals surface area contributed by atoms with Crippen LogP contribution in [0.25, 0.3) is 6.08 Å². The largest absolute Gasteiger partial charge is 0.488 e. The molecule has 0 saturated heterocycles. The van der Waals surface area contributed by atoms with Crippen LogP contribution in [0.3, 0.4) is 0 Å². The van der Waals surface area contributed by atoms with Crippen LogP contribution in [0.5, 0.6) is 17.2 Å². The zero-order valence-corrected chi connectivity index (χ0v) is 11.3. The van der Waals surface area contributed by atoms with Crippen molar-refractivity contribution in [3.05, 3.63) is 41.2 Å². The predicted molar refractivity (Wildman–Crippen MR) is 73.6 cm³/mol. The van der Waals surface area contributed by atoms with E-state index < -0.39 is 0 Å². The summed E-state index contributed by atoms with van der Waals surface area (Å²) in [5, 5.41) is 4.08. The molecule has 6 heteroatoms. The number of hydrogen-bond donors (Lipinski definition) is 0. The van der Waals surface area contributed by atoms with E-state index in [1.165, 1.54) is 0 Å². The van der Waals surface area contributed by atoms with Crippen LogP contribution in [-0.2, 0) is 7.05 Å². The molecule has 1 aromatic carbocycles. The van der Waals surface area contributed by atoms with Gasteiger partial charge in [-0.2, -0.15) is 5.10 Å². The number of Topliss-reactive ketones (excluding diaryl/α,β-unsaturated/α-hetero) is 1. The van der Waals surface area contributed by atoms with Crippen molar-refractivity contribution in [1.82, 2.24) is 9.78 Å². The van der Waals surface area contributed by atoms with Crippen LogP contribution in [-0.4, -0.2) is 29.0 Å². The molecular formula is C15H12N2O4. The number of nitrogens with zero attached hydrogens (tertiary/aromatic N) is 2. The minimum absolute atomic E-state index is 0.0570. The van der Waals surface area contributed by atoms with Gasteiger partial charge in [0.2, 0.25) is 6.79 Å². The molecule has 4 rings (SSSR count). The zero-order chi connectivity index (χ0) is 14.4. The van der Waals surface area contributed by atoms with Gasteiger partial charge in [0, 0.05) is 30.4 Å². The molecule has 1 aromatic heterocycles. The lowest BCUT2D eigenvalue weighted by Gasteiger charge is -2.19. The Kier molecular flexibility index (Phi) is 2.50. The standard InChI is InChI=1S/C15H12N2O4/c1-17-6-9(5-16-17)2-10-7-19-12-4-14-13(20-8-21-14)3-11(12)15(10)18/h2-6H,7-8H2,1H3. The summed E-state index contributed by atoms with van der Waals surface area (Å²) >= 11 is 0. The van der Waals surface area contributed by atoms with Gasteiger partial charge < -0.3 is 14.2 Å². The highest BCUT2D eigenvalue weighted by atomic mass is 16.7. The molecule has 0 unspecified atom stereocenters. The summed E-state index contributed by atoms with van der Waals surface area (Å²) in [4.78, 5) is 12.6. The number of aryl methyl sites for hydroxylation is 1. The fraction of sp³-hybridized carbons (Fsp3) is 0.200. The van der Waals surface area contributed by atoms with E-state index in [9.17, 15) is 4.79 Å². The van der Waals surface area contributed by atoms with E-state index in [0.29, 0.717) is 28.4 Å². The van der Waals surface area contributed by atoms with Gasteiger partial charge in [0.05, 0.1) is 11.8 Å². The van der Waals surface area contributed by atoms with Crippen molar-refractivity contribution in [2.45, 2.75) is 0 Å². The quantitative estimate of drug-likeness (QED) is 0.747. The number of carbonyl (C=O) groups is 1. The fourth-order valence-corrected chi connectivity index (χ4v) is 2.44. The minimum atomic E-state index is -0.0570. The number of aromatic nitrogens is 2. The van der Waals surface area contributed by atoms with Crippen LogP contribution < -0.4 is 14.2 Å². The third-order valence-electron chi connectivity index (χ3n) is 3.46. The first-order valence-electron chi connectivity index (χ1n) is 6.51. The van der Waals surface area contributed by atoms with E-state index in [4.69, 9.17) is 14.2 Å². The molecular weight excluding hydrogens is 272 g/mol. The van der Waals surface area contributed by atoms with E-state index >= 15 is 0 Å². The molecule has 6 nitrogen and oxygen atoms in total. The van der Waals surface area contributed by atoms with Gasteiger partial charge >= 0.3 is 0 Å². The van der Waals surface area contributed by atoms with Crippen LogP contribution in [0.4, 0.5) is 0 Å². The Balaban J connectivity index is 1.73. The fourth-order valence-electron chi connectivity index (χ4n) is 2.44. The van der Waals surface area contributed by atoms with Crippen molar-refractivity contribution in [2.24, 2.45) is 7.05 Å². The molecule has 0 spiro atoms. The maximum absolute atomic E-state index is 12.6. The Bertz CT molecular complexity index is 776. The number of ether oxygens (including phenoxy) is 3. The highest BCUT2D eigenvalue weighted by Gasteiger charge is 2.27. The van der Waals surface area contributed by atoms with Crippen molar-refractivity contribution in [3.63, 3.8) is 0 Å². The molecule has 0 radical (unpaired) electrons. The molecule has 2 aliphatic rings. The number of fused-ring (bicyclic) bond motifs is 2. The van der Waals surface area contributed by atoms with E-state index in [-0.39, 0.29) is 19.2 Å². The molecule has 3 heterocycles. The topological polar surface area (TPSA) is 62.6 Å². The highest BCUT2D eigenvalue weighted by Crippen LogP contribution is 2.40. The second-order valence-electron chi connectivity index (χ2n) is 4.94. The molecule has 0 aliphatic carbocycles. The van der Waals surface area contributed by atoms with Crippen molar-refractivity contribution in [3.8, 4) is 17.2 Å². The van der Waals surface area contributed by atoms with Gasteiger partial charge in [-0.15, -0.1) is 0 Å². The van der Waals surface area contributed by atoms with Gasteiger partial charge in [0.15, 0.2) is 17.3 Å². The smallest absolute Gasteiger partial charge is 0.231 e.